The van der Waals surface area contributed by atoms with Crippen LogP contribution in [0.4, 0.5) is 0 Å². The highest BCUT2D eigenvalue weighted by Crippen LogP contribution is 2.11. The molecule has 7 nitrogen and oxygen atoms in total. The van der Waals surface area contributed by atoms with Gasteiger partial charge in [-0.25, -0.2) is 5.43 Å². The standard InChI is InChI=1S/C19H22N4O3/c1-19(2,3)22-17(24)13-26-16-8-6-14(7-9-16)11-21-23-18(25)15-5-4-10-20-12-15/h4-12H,13H2,1-3H3,(H,22,24)(H,23,25)/b21-11-. The molecular formula is C19H22N4O3. The Kier molecular flexibility index (Phi) is 6.43. The molecule has 0 fully saturated rings. The van der Waals surface area contributed by atoms with Crippen LogP contribution in [-0.2, 0) is 4.79 Å². The molecule has 0 spiro atoms. The number of carbonyl (C=O) groups is 2. The van der Waals surface area contributed by atoms with E-state index in [0.717, 1.165) is 5.56 Å². The first-order valence-electron chi connectivity index (χ1n) is 8.11. The molecule has 2 rings (SSSR count). The van der Waals surface area contributed by atoms with Crippen LogP contribution < -0.4 is 15.5 Å². The number of amides is 2. The Hall–Kier alpha value is -3.22. The maximum Gasteiger partial charge on any atom is 0.272 e. The molecule has 0 saturated heterocycles. The lowest BCUT2D eigenvalue weighted by Gasteiger charge is -2.20. The zero-order valence-corrected chi connectivity index (χ0v) is 15.0. The second-order valence-electron chi connectivity index (χ2n) is 6.60. The molecule has 7 heteroatoms. The monoisotopic (exact) mass is 354 g/mol. The molecule has 1 aromatic heterocycles. The number of hydrogen-bond donors (Lipinski definition) is 2. The van der Waals surface area contributed by atoms with Gasteiger partial charge in [0, 0.05) is 17.9 Å². The Morgan fingerprint density at radius 3 is 2.54 bits per heavy atom. The third kappa shape index (κ3) is 6.72. The van der Waals surface area contributed by atoms with Gasteiger partial charge in [0.1, 0.15) is 5.75 Å². The van der Waals surface area contributed by atoms with E-state index >= 15 is 0 Å². The normalized spacial score (nSPS) is 11.2. The van der Waals surface area contributed by atoms with Crippen LogP contribution in [0.1, 0.15) is 36.7 Å². The van der Waals surface area contributed by atoms with Crippen LogP contribution >= 0.6 is 0 Å². The molecule has 0 saturated carbocycles. The molecular weight excluding hydrogens is 332 g/mol. The van der Waals surface area contributed by atoms with E-state index in [1.54, 1.807) is 42.6 Å². The topological polar surface area (TPSA) is 92.7 Å². The molecule has 0 bridgehead atoms. The van der Waals surface area contributed by atoms with Crippen LogP contribution in [0.25, 0.3) is 0 Å². The number of nitrogens with zero attached hydrogens (tertiary/aromatic N) is 2. The predicted molar refractivity (Wildman–Crippen MR) is 99.1 cm³/mol. The average molecular weight is 354 g/mol. The Labute approximate surface area is 152 Å². The van der Waals surface area contributed by atoms with Crippen molar-refractivity contribution in [1.82, 2.24) is 15.7 Å². The van der Waals surface area contributed by atoms with Gasteiger partial charge < -0.3 is 10.1 Å². The second-order valence-corrected chi connectivity index (χ2v) is 6.60. The molecule has 0 aliphatic carbocycles. The highest BCUT2D eigenvalue weighted by molar-refractivity contribution is 5.94. The summed E-state index contributed by atoms with van der Waals surface area (Å²) in [6.45, 7) is 5.68. The maximum atomic E-state index is 11.8. The Bertz CT molecular complexity index is 766. The van der Waals surface area contributed by atoms with Gasteiger partial charge in [-0.3, -0.25) is 14.6 Å². The van der Waals surface area contributed by atoms with Crippen molar-refractivity contribution in [3.8, 4) is 5.75 Å². The SMILES string of the molecule is CC(C)(C)NC(=O)COc1ccc(/C=N\NC(=O)c2cccnc2)cc1. The van der Waals surface area contributed by atoms with Crippen LogP contribution in [0.3, 0.4) is 0 Å². The van der Waals surface area contributed by atoms with Gasteiger partial charge in [-0.15, -0.1) is 0 Å². The number of carbonyl (C=O) groups excluding carboxylic acids is 2. The maximum absolute atomic E-state index is 11.8. The number of nitrogens with one attached hydrogen (secondary N) is 2. The smallest absolute Gasteiger partial charge is 0.272 e. The van der Waals surface area contributed by atoms with E-state index in [4.69, 9.17) is 4.74 Å². The highest BCUT2D eigenvalue weighted by atomic mass is 16.5. The van der Waals surface area contributed by atoms with E-state index in [0.29, 0.717) is 11.3 Å². The van der Waals surface area contributed by atoms with Crippen molar-refractivity contribution < 1.29 is 14.3 Å². The predicted octanol–water partition coefficient (Wildman–Crippen LogP) is 2.14. The van der Waals surface area contributed by atoms with Crippen LogP contribution in [0.15, 0.2) is 53.9 Å². The number of rotatable bonds is 6. The number of aromatic nitrogens is 1. The minimum Gasteiger partial charge on any atom is -0.484 e. The Morgan fingerprint density at radius 1 is 1.19 bits per heavy atom. The summed E-state index contributed by atoms with van der Waals surface area (Å²) in [5.41, 5.74) is 3.35. The summed E-state index contributed by atoms with van der Waals surface area (Å²) < 4.78 is 5.44. The minimum absolute atomic E-state index is 0.0497. The van der Waals surface area contributed by atoms with Gasteiger partial charge in [-0.2, -0.15) is 5.10 Å². The summed E-state index contributed by atoms with van der Waals surface area (Å²) in [6, 6.07) is 10.3. The van der Waals surface area contributed by atoms with Crippen LogP contribution in [0, 0.1) is 0 Å². The molecule has 1 heterocycles. The zero-order valence-electron chi connectivity index (χ0n) is 15.0. The molecule has 136 valence electrons. The van der Waals surface area contributed by atoms with Crippen LogP contribution in [0.5, 0.6) is 5.75 Å². The van der Waals surface area contributed by atoms with Crippen molar-refractivity contribution in [2.75, 3.05) is 6.61 Å². The van der Waals surface area contributed by atoms with E-state index in [9.17, 15) is 9.59 Å². The van der Waals surface area contributed by atoms with E-state index in [1.165, 1.54) is 12.4 Å². The zero-order chi connectivity index (χ0) is 19.0. The molecule has 0 aliphatic rings. The molecule has 2 aromatic rings. The highest BCUT2D eigenvalue weighted by Gasteiger charge is 2.13. The van der Waals surface area contributed by atoms with E-state index in [-0.39, 0.29) is 24.0 Å². The molecule has 0 atom stereocenters. The molecule has 2 N–H and O–H groups in total. The minimum atomic E-state index is -0.334. The van der Waals surface area contributed by atoms with E-state index in [2.05, 4.69) is 20.8 Å². The molecule has 0 aliphatic heterocycles. The average Bonchev–Trinajstić information content (AvgIpc) is 2.60. The lowest BCUT2D eigenvalue weighted by Crippen LogP contribution is -2.43. The third-order valence-corrected chi connectivity index (χ3v) is 3.07. The van der Waals surface area contributed by atoms with Gasteiger partial charge in [-0.1, -0.05) is 0 Å². The summed E-state index contributed by atoms with van der Waals surface area (Å²) in [6.07, 6.45) is 4.58. The fourth-order valence-corrected chi connectivity index (χ4v) is 1.98. The first kappa shape index (κ1) is 19.1. The van der Waals surface area contributed by atoms with Gasteiger partial charge in [0.05, 0.1) is 11.8 Å². The number of hydrazone groups is 1. The number of benzene rings is 1. The van der Waals surface area contributed by atoms with E-state index < -0.39 is 0 Å². The lowest BCUT2D eigenvalue weighted by atomic mass is 10.1. The van der Waals surface area contributed by atoms with Gasteiger partial charge in [0.15, 0.2) is 6.61 Å². The second kappa shape index (κ2) is 8.75. The summed E-state index contributed by atoms with van der Waals surface area (Å²) in [5, 5.41) is 6.73. The summed E-state index contributed by atoms with van der Waals surface area (Å²) in [4.78, 5) is 27.4. The van der Waals surface area contributed by atoms with Gasteiger partial charge in [0.25, 0.3) is 11.8 Å². The first-order chi connectivity index (χ1) is 12.3. The summed E-state index contributed by atoms with van der Waals surface area (Å²) in [7, 11) is 0. The van der Waals surface area contributed by atoms with Crippen LogP contribution in [0.2, 0.25) is 0 Å². The summed E-state index contributed by atoms with van der Waals surface area (Å²) in [5.74, 6) is 0.0611. The Balaban J connectivity index is 1.81. The molecule has 2 amide bonds. The molecule has 26 heavy (non-hydrogen) atoms. The van der Waals surface area contributed by atoms with Crippen molar-refractivity contribution in [3.05, 3.63) is 59.9 Å². The van der Waals surface area contributed by atoms with Crippen molar-refractivity contribution in [1.29, 1.82) is 0 Å². The fraction of sp³-hybridized carbons (Fsp3) is 0.263. The number of hydrogen-bond acceptors (Lipinski definition) is 5. The molecule has 1 aromatic carbocycles. The Morgan fingerprint density at radius 2 is 1.92 bits per heavy atom. The van der Waals surface area contributed by atoms with Crippen molar-refractivity contribution in [3.63, 3.8) is 0 Å². The number of ether oxygens (including phenoxy) is 1. The van der Waals surface area contributed by atoms with Crippen molar-refractivity contribution in [2.45, 2.75) is 26.3 Å². The summed E-state index contributed by atoms with van der Waals surface area (Å²) >= 11 is 0. The van der Waals surface area contributed by atoms with Gasteiger partial charge in [0.2, 0.25) is 0 Å². The largest absolute Gasteiger partial charge is 0.484 e. The number of pyridine rings is 1. The third-order valence-electron chi connectivity index (χ3n) is 3.07. The van der Waals surface area contributed by atoms with E-state index in [1.807, 2.05) is 20.8 Å². The van der Waals surface area contributed by atoms with Crippen molar-refractivity contribution in [2.24, 2.45) is 5.10 Å². The molecule has 0 unspecified atom stereocenters. The first-order valence-corrected chi connectivity index (χ1v) is 8.11. The molecule has 0 radical (unpaired) electrons. The fourth-order valence-electron chi connectivity index (χ4n) is 1.98. The van der Waals surface area contributed by atoms with Crippen molar-refractivity contribution >= 4 is 18.0 Å². The van der Waals surface area contributed by atoms with Gasteiger partial charge >= 0.3 is 0 Å². The lowest BCUT2D eigenvalue weighted by molar-refractivity contribution is -0.124. The van der Waals surface area contributed by atoms with Gasteiger partial charge in [-0.05, 0) is 62.7 Å². The quantitative estimate of drug-likeness (QED) is 0.614. The van der Waals surface area contributed by atoms with Crippen LogP contribution in [-0.4, -0.2) is 35.2 Å².